The molecule has 2 nitrogen and oxygen atoms in total. The van der Waals surface area contributed by atoms with E-state index in [4.69, 9.17) is 0 Å². The molecule has 16 heavy (non-hydrogen) atoms. The molecule has 0 saturated carbocycles. The molecule has 0 amide bonds. The largest absolute Gasteiger partial charge is 0.296 e. The molecule has 1 rings (SSSR count). The number of carbonyl (C=O) groups excluding carboxylic acids is 2. The van der Waals surface area contributed by atoms with Crippen LogP contribution >= 0.6 is 0 Å². The number of benzene rings is 1. The first kappa shape index (κ1) is 12.6. The summed E-state index contributed by atoms with van der Waals surface area (Å²) in [5, 5.41) is 0. The van der Waals surface area contributed by atoms with Crippen LogP contribution in [0.1, 0.15) is 29.8 Å². The van der Waals surface area contributed by atoms with Crippen molar-refractivity contribution in [2.75, 3.05) is 0 Å². The number of hydrogen-bond acceptors (Lipinski definition) is 2. The Labute approximate surface area is 94.5 Å². The van der Waals surface area contributed by atoms with Crippen LogP contribution < -0.4 is 0 Å². The fraction of sp³-hybridized carbons (Fsp3) is 0.385. The van der Waals surface area contributed by atoms with Crippen LogP contribution in [0.2, 0.25) is 0 Å². The van der Waals surface area contributed by atoms with Gasteiger partial charge in [0.1, 0.15) is 0 Å². The normalized spacial score (nSPS) is 12.6. The summed E-state index contributed by atoms with van der Waals surface area (Å²) >= 11 is 0. The molecule has 0 heterocycles. The van der Waals surface area contributed by atoms with Crippen molar-refractivity contribution in [3.8, 4) is 0 Å². The lowest BCUT2D eigenvalue weighted by Crippen LogP contribution is -2.29. The minimum atomic E-state index is -2.04. The van der Waals surface area contributed by atoms with E-state index in [1.54, 1.807) is 26.0 Å². The second-order valence-electron chi connectivity index (χ2n) is 4.15. The van der Waals surface area contributed by atoms with Gasteiger partial charge < -0.3 is 0 Å². The Morgan fingerprint density at radius 3 is 2.38 bits per heavy atom. The van der Waals surface area contributed by atoms with Gasteiger partial charge in [-0.15, -0.1) is 0 Å². The Balaban J connectivity index is 2.90. The maximum Gasteiger partial charge on any atom is 0.221 e. The van der Waals surface area contributed by atoms with Gasteiger partial charge in [-0.05, 0) is 13.0 Å². The van der Waals surface area contributed by atoms with Crippen LogP contribution in [0.4, 0.5) is 4.39 Å². The molecule has 1 unspecified atom stereocenters. The van der Waals surface area contributed by atoms with Gasteiger partial charge >= 0.3 is 0 Å². The fourth-order valence-corrected chi connectivity index (χ4v) is 1.37. The van der Waals surface area contributed by atoms with Gasteiger partial charge in [0.05, 0.1) is 0 Å². The molecule has 0 aliphatic carbocycles. The molecule has 0 fully saturated rings. The van der Waals surface area contributed by atoms with Crippen LogP contribution in [0.3, 0.4) is 0 Å². The topological polar surface area (TPSA) is 34.1 Å². The number of ketones is 2. The van der Waals surface area contributed by atoms with Crippen LogP contribution in [0.5, 0.6) is 0 Å². The van der Waals surface area contributed by atoms with E-state index in [0.29, 0.717) is 0 Å². The third kappa shape index (κ3) is 2.75. The van der Waals surface area contributed by atoms with Crippen molar-refractivity contribution in [2.24, 2.45) is 5.92 Å². The third-order valence-electron chi connectivity index (χ3n) is 2.35. The summed E-state index contributed by atoms with van der Waals surface area (Å²) < 4.78 is 13.6. The van der Waals surface area contributed by atoms with E-state index in [2.05, 4.69) is 0 Å². The number of Topliss-reactive ketones (excluding diaryl/α,β-unsaturated/α-hetero) is 2. The summed E-state index contributed by atoms with van der Waals surface area (Å²) in [6.07, 6.45) is -2.04. The zero-order valence-corrected chi connectivity index (χ0v) is 9.66. The number of carbonyl (C=O) groups is 2. The molecule has 0 aliphatic heterocycles. The van der Waals surface area contributed by atoms with E-state index >= 15 is 0 Å². The second kappa shape index (κ2) is 5.01. The second-order valence-corrected chi connectivity index (χ2v) is 4.15. The van der Waals surface area contributed by atoms with Gasteiger partial charge in [-0.2, -0.15) is 0 Å². The first-order chi connectivity index (χ1) is 7.43. The molecular formula is C13H15FO2. The fourth-order valence-electron chi connectivity index (χ4n) is 1.37. The molecule has 3 heteroatoms. The Kier molecular flexibility index (Phi) is 3.93. The van der Waals surface area contributed by atoms with Crippen molar-refractivity contribution in [3.63, 3.8) is 0 Å². The summed E-state index contributed by atoms with van der Waals surface area (Å²) in [6, 6.07) is 6.60. The van der Waals surface area contributed by atoms with Gasteiger partial charge in [-0.25, -0.2) is 4.39 Å². The van der Waals surface area contributed by atoms with Crippen molar-refractivity contribution >= 4 is 11.6 Å². The SMILES string of the molecule is Cc1cccc(C(=O)C(F)C(=O)C(C)C)c1. The highest BCUT2D eigenvalue weighted by Gasteiger charge is 2.28. The highest BCUT2D eigenvalue weighted by Crippen LogP contribution is 2.12. The summed E-state index contributed by atoms with van der Waals surface area (Å²) in [5.41, 5.74) is 1.12. The number of rotatable bonds is 4. The molecule has 0 bridgehead atoms. The van der Waals surface area contributed by atoms with Gasteiger partial charge in [0, 0.05) is 11.5 Å². The first-order valence-corrected chi connectivity index (χ1v) is 5.22. The summed E-state index contributed by atoms with van der Waals surface area (Å²) in [7, 11) is 0. The lowest BCUT2D eigenvalue weighted by molar-refractivity contribution is -0.125. The zero-order chi connectivity index (χ0) is 12.3. The lowest BCUT2D eigenvalue weighted by atomic mass is 9.97. The average molecular weight is 222 g/mol. The molecule has 0 radical (unpaired) electrons. The maximum absolute atomic E-state index is 13.6. The maximum atomic E-state index is 13.6. The van der Waals surface area contributed by atoms with Crippen molar-refractivity contribution < 1.29 is 14.0 Å². The standard InChI is InChI=1S/C13H15FO2/c1-8(2)12(15)11(14)13(16)10-6-4-5-9(3)7-10/h4-8,11H,1-3H3. The number of halogens is 1. The Morgan fingerprint density at radius 1 is 1.25 bits per heavy atom. The quantitative estimate of drug-likeness (QED) is 0.580. The van der Waals surface area contributed by atoms with E-state index in [9.17, 15) is 14.0 Å². The predicted octanol–water partition coefficient (Wildman–Crippen LogP) is 2.74. The minimum Gasteiger partial charge on any atom is -0.296 e. The van der Waals surface area contributed by atoms with E-state index in [-0.39, 0.29) is 5.56 Å². The molecule has 1 aromatic rings. The predicted molar refractivity (Wildman–Crippen MR) is 60.3 cm³/mol. The molecule has 0 aliphatic rings. The van der Waals surface area contributed by atoms with E-state index < -0.39 is 23.7 Å². The van der Waals surface area contributed by atoms with Crippen molar-refractivity contribution in [1.82, 2.24) is 0 Å². The summed E-state index contributed by atoms with van der Waals surface area (Å²) in [6.45, 7) is 4.98. The number of hydrogen-bond donors (Lipinski definition) is 0. The zero-order valence-electron chi connectivity index (χ0n) is 9.66. The highest BCUT2D eigenvalue weighted by molar-refractivity contribution is 6.13. The average Bonchev–Trinajstić information content (AvgIpc) is 2.26. The lowest BCUT2D eigenvalue weighted by Gasteiger charge is -2.09. The molecular weight excluding hydrogens is 207 g/mol. The van der Waals surface area contributed by atoms with Crippen LogP contribution in [0.25, 0.3) is 0 Å². The Morgan fingerprint density at radius 2 is 1.88 bits per heavy atom. The smallest absolute Gasteiger partial charge is 0.221 e. The van der Waals surface area contributed by atoms with Crippen molar-refractivity contribution in [1.29, 1.82) is 0 Å². The van der Waals surface area contributed by atoms with Crippen LogP contribution in [-0.4, -0.2) is 17.7 Å². The minimum absolute atomic E-state index is 0.251. The third-order valence-corrected chi connectivity index (χ3v) is 2.35. The first-order valence-electron chi connectivity index (χ1n) is 5.22. The number of alkyl halides is 1. The number of aryl methyl sites for hydroxylation is 1. The molecule has 0 aromatic heterocycles. The van der Waals surface area contributed by atoms with Crippen LogP contribution in [-0.2, 0) is 4.79 Å². The monoisotopic (exact) mass is 222 g/mol. The van der Waals surface area contributed by atoms with Crippen molar-refractivity contribution in [3.05, 3.63) is 35.4 Å². The summed E-state index contributed by atoms with van der Waals surface area (Å²) in [4.78, 5) is 23.0. The van der Waals surface area contributed by atoms with Gasteiger partial charge in [0.15, 0.2) is 5.78 Å². The Hall–Kier alpha value is -1.51. The Bertz CT molecular complexity index is 410. The highest BCUT2D eigenvalue weighted by atomic mass is 19.1. The van der Waals surface area contributed by atoms with Crippen molar-refractivity contribution in [2.45, 2.75) is 26.9 Å². The van der Waals surface area contributed by atoms with Gasteiger partial charge in [-0.1, -0.05) is 37.6 Å². The van der Waals surface area contributed by atoms with Gasteiger partial charge in [0.25, 0.3) is 0 Å². The van der Waals surface area contributed by atoms with E-state index in [1.807, 2.05) is 13.0 Å². The van der Waals surface area contributed by atoms with Gasteiger partial charge in [0.2, 0.25) is 12.0 Å². The molecule has 0 spiro atoms. The van der Waals surface area contributed by atoms with Crippen LogP contribution in [0, 0.1) is 12.8 Å². The molecule has 1 aromatic carbocycles. The van der Waals surface area contributed by atoms with E-state index in [0.717, 1.165) is 5.56 Å². The molecule has 1 atom stereocenters. The molecule has 86 valence electrons. The molecule has 0 N–H and O–H groups in total. The molecule has 0 saturated heterocycles. The van der Waals surface area contributed by atoms with Crippen LogP contribution in [0.15, 0.2) is 24.3 Å². The van der Waals surface area contributed by atoms with Gasteiger partial charge in [-0.3, -0.25) is 9.59 Å². The van der Waals surface area contributed by atoms with E-state index in [1.165, 1.54) is 6.07 Å². The summed E-state index contributed by atoms with van der Waals surface area (Å²) in [5.74, 6) is -1.88.